The van der Waals surface area contributed by atoms with Gasteiger partial charge in [-0.3, -0.25) is 5.41 Å². The molecule has 152 valence electrons. The van der Waals surface area contributed by atoms with E-state index in [1.54, 1.807) is 0 Å². The van der Waals surface area contributed by atoms with E-state index in [2.05, 4.69) is 13.2 Å². The summed E-state index contributed by atoms with van der Waals surface area (Å²) in [6.45, 7) is 8.64. The maximum Gasteiger partial charge on any atom is 0.189 e. The first-order chi connectivity index (χ1) is 13.2. The summed E-state index contributed by atoms with van der Waals surface area (Å²) >= 11 is 0. The van der Waals surface area contributed by atoms with Crippen molar-refractivity contribution in [2.24, 2.45) is 41.2 Å². The highest BCUT2D eigenvalue weighted by atomic mass is 16.3. The number of hydrogen-bond acceptors (Lipinski definition) is 3. The molecule has 8 bridgehead atoms. The van der Waals surface area contributed by atoms with Gasteiger partial charge in [0, 0.05) is 0 Å². The molecule has 28 heavy (non-hydrogen) atoms. The van der Waals surface area contributed by atoms with Crippen molar-refractivity contribution in [2.75, 3.05) is 0 Å². The largest absolute Gasteiger partial charge is 0.383 e. The minimum atomic E-state index is -0.979. The summed E-state index contributed by atoms with van der Waals surface area (Å²) < 4.78 is 0. The fraction of sp³-hybridized carbons (Fsp3) is 0.783. The summed E-state index contributed by atoms with van der Waals surface area (Å²) in [5.41, 5.74) is 6.17. The van der Waals surface area contributed by atoms with Gasteiger partial charge in [-0.15, -0.1) is 0 Å². The Morgan fingerprint density at radius 3 is 1.68 bits per heavy atom. The molecule has 5 nitrogen and oxygen atoms in total. The fourth-order valence-electron chi connectivity index (χ4n) is 9.02. The van der Waals surface area contributed by atoms with E-state index in [-0.39, 0.29) is 18.0 Å². The van der Waals surface area contributed by atoms with Gasteiger partial charge in [-0.05, 0) is 98.0 Å². The summed E-state index contributed by atoms with van der Waals surface area (Å²) in [5.74, 6) is 2.57. The molecule has 10 atom stereocenters. The Kier molecular flexibility index (Phi) is 3.27. The van der Waals surface area contributed by atoms with Gasteiger partial charge in [0.1, 0.15) is 11.2 Å². The van der Waals surface area contributed by atoms with Crippen molar-refractivity contribution >= 4 is 5.96 Å². The maximum absolute atomic E-state index is 11.9. The summed E-state index contributed by atoms with van der Waals surface area (Å²) in [7, 11) is 0. The third-order valence-corrected chi connectivity index (χ3v) is 9.73. The molecule has 0 saturated heterocycles. The zero-order chi connectivity index (χ0) is 19.6. The second kappa shape index (κ2) is 5.23. The molecule has 0 aromatic rings. The molecule has 8 aliphatic rings. The van der Waals surface area contributed by atoms with Crippen molar-refractivity contribution in [3.05, 3.63) is 24.3 Å². The van der Waals surface area contributed by atoms with E-state index in [9.17, 15) is 10.2 Å². The molecule has 10 unspecified atom stereocenters. The number of nitrogens with zero attached hydrogens (tertiary/aromatic N) is 1. The third-order valence-electron chi connectivity index (χ3n) is 9.73. The van der Waals surface area contributed by atoms with E-state index in [0.29, 0.717) is 35.5 Å². The SMILES string of the molecule is C=C1C2CC3CC(C2)C(N(C(=N)N)C2C4CC5CC(C4)C(=C)C2(O)C5)C1(O)C3. The molecule has 0 aliphatic heterocycles. The molecule has 5 N–H and O–H groups in total. The predicted octanol–water partition coefficient (Wildman–Crippen LogP) is 2.39. The van der Waals surface area contributed by atoms with Gasteiger partial charge in [-0.2, -0.15) is 0 Å². The van der Waals surface area contributed by atoms with E-state index in [0.717, 1.165) is 62.5 Å². The number of nitrogens with one attached hydrogen (secondary N) is 1. The number of nitrogens with two attached hydrogens (primary N) is 1. The molecule has 0 aromatic heterocycles. The lowest BCUT2D eigenvalue weighted by Crippen LogP contribution is -2.76. The quantitative estimate of drug-likeness (QED) is 0.335. The minimum Gasteiger partial charge on any atom is -0.383 e. The number of hydrogen-bond donors (Lipinski definition) is 4. The monoisotopic (exact) mass is 383 g/mol. The van der Waals surface area contributed by atoms with Crippen molar-refractivity contribution in [3.63, 3.8) is 0 Å². The normalized spacial score (nSPS) is 55.8. The highest BCUT2D eigenvalue weighted by molar-refractivity contribution is 5.76. The molecular weight excluding hydrogens is 350 g/mol. The van der Waals surface area contributed by atoms with E-state index < -0.39 is 11.2 Å². The highest BCUT2D eigenvalue weighted by Crippen LogP contribution is 2.63. The first kappa shape index (κ1) is 17.5. The lowest BCUT2D eigenvalue weighted by molar-refractivity contribution is -0.183. The molecule has 0 spiro atoms. The summed E-state index contributed by atoms with van der Waals surface area (Å²) in [6, 6.07) is -0.464. The Labute approximate surface area is 167 Å². The Morgan fingerprint density at radius 1 is 0.857 bits per heavy atom. The van der Waals surface area contributed by atoms with E-state index in [4.69, 9.17) is 11.1 Å². The van der Waals surface area contributed by atoms with Gasteiger partial charge in [0.15, 0.2) is 5.96 Å². The van der Waals surface area contributed by atoms with Crippen molar-refractivity contribution in [1.29, 1.82) is 5.41 Å². The average Bonchev–Trinajstić information content (AvgIpc) is 2.61. The van der Waals surface area contributed by atoms with Gasteiger partial charge in [-0.25, -0.2) is 0 Å². The number of guanidine groups is 1. The van der Waals surface area contributed by atoms with Crippen LogP contribution < -0.4 is 5.73 Å². The first-order valence-corrected chi connectivity index (χ1v) is 11.2. The van der Waals surface area contributed by atoms with Gasteiger partial charge in [0.25, 0.3) is 0 Å². The van der Waals surface area contributed by atoms with Gasteiger partial charge in [0.2, 0.25) is 0 Å². The molecule has 8 saturated carbocycles. The summed E-state index contributed by atoms with van der Waals surface area (Å²) in [6.07, 6.45) is 8.04. The van der Waals surface area contributed by atoms with Crippen LogP contribution >= 0.6 is 0 Å². The Morgan fingerprint density at radius 2 is 1.29 bits per heavy atom. The maximum atomic E-state index is 11.9. The van der Waals surface area contributed by atoms with Crippen molar-refractivity contribution in [2.45, 2.75) is 74.7 Å². The van der Waals surface area contributed by atoms with E-state index in [1.165, 1.54) is 0 Å². The summed E-state index contributed by atoms with van der Waals surface area (Å²) in [4.78, 5) is 1.96. The molecule has 8 fully saturated rings. The molecule has 8 aliphatic carbocycles. The van der Waals surface area contributed by atoms with Crippen molar-refractivity contribution in [1.82, 2.24) is 4.90 Å². The highest BCUT2D eigenvalue weighted by Gasteiger charge is 2.66. The van der Waals surface area contributed by atoms with Crippen LogP contribution in [0.25, 0.3) is 0 Å². The fourth-order valence-corrected chi connectivity index (χ4v) is 9.02. The third kappa shape index (κ3) is 1.93. The van der Waals surface area contributed by atoms with E-state index >= 15 is 0 Å². The topological polar surface area (TPSA) is 93.6 Å². The second-order valence-corrected chi connectivity index (χ2v) is 11.0. The zero-order valence-corrected chi connectivity index (χ0v) is 16.6. The molecule has 0 radical (unpaired) electrons. The smallest absolute Gasteiger partial charge is 0.189 e. The van der Waals surface area contributed by atoms with Crippen LogP contribution in [-0.4, -0.2) is 44.4 Å². The minimum absolute atomic E-state index is 0.00241. The molecular formula is C23H33N3O2. The van der Waals surface area contributed by atoms with Crippen molar-refractivity contribution < 1.29 is 10.2 Å². The standard InChI is InChI=1S/C23H33N3O2/c1-11-15-3-13-5-17(7-15)19(22(11,27)9-13)26(21(24)25)20-18-6-14-4-16(8-18)12(2)23(20,28)10-14/h13-20,27-28H,1-10H2,(H3,24,25). The molecule has 0 amide bonds. The number of aliphatic hydroxyl groups is 2. The van der Waals surface area contributed by atoms with Crippen LogP contribution in [0.1, 0.15) is 51.4 Å². The Hall–Kier alpha value is -1.33. The van der Waals surface area contributed by atoms with Crippen molar-refractivity contribution in [3.8, 4) is 0 Å². The number of rotatable bonds is 2. The first-order valence-electron chi connectivity index (χ1n) is 11.2. The Balaban J connectivity index is 1.45. The van der Waals surface area contributed by atoms with Crippen LogP contribution in [0.3, 0.4) is 0 Å². The summed E-state index contributed by atoms with van der Waals surface area (Å²) in [5, 5.41) is 32.2. The molecule has 0 heterocycles. The van der Waals surface area contributed by atoms with Crippen LogP contribution in [0.2, 0.25) is 0 Å². The van der Waals surface area contributed by atoms with Gasteiger partial charge in [-0.1, -0.05) is 13.2 Å². The average molecular weight is 384 g/mol. The van der Waals surface area contributed by atoms with Gasteiger partial charge < -0.3 is 20.8 Å². The van der Waals surface area contributed by atoms with Gasteiger partial charge in [0.05, 0.1) is 12.1 Å². The van der Waals surface area contributed by atoms with E-state index in [1.807, 2.05) is 4.90 Å². The predicted molar refractivity (Wildman–Crippen MR) is 107 cm³/mol. The molecule has 0 aromatic carbocycles. The van der Waals surface area contributed by atoms with Crippen LogP contribution in [0, 0.1) is 40.9 Å². The lowest BCUT2D eigenvalue weighted by Gasteiger charge is -2.68. The Bertz CT molecular complexity index is 737. The molecule has 8 rings (SSSR count). The lowest BCUT2D eigenvalue weighted by atomic mass is 9.47. The molecule has 5 heteroatoms. The van der Waals surface area contributed by atoms with Crippen LogP contribution in [0.15, 0.2) is 24.3 Å². The zero-order valence-electron chi connectivity index (χ0n) is 16.6. The second-order valence-electron chi connectivity index (χ2n) is 11.0. The van der Waals surface area contributed by atoms with Crippen LogP contribution in [0.4, 0.5) is 0 Å². The van der Waals surface area contributed by atoms with Gasteiger partial charge >= 0.3 is 0 Å². The van der Waals surface area contributed by atoms with Crippen LogP contribution in [-0.2, 0) is 0 Å². The van der Waals surface area contributed by atoms with Crippen LogP contribution in [0.5, 0.6) is 0 Å².